The third-order valence-corrected chi connectivity index (χ3v) is 2.78. The van der Waals surface area contributed by atoms with Gasteiger partial charge in [-0.3, -0.25) is 4.79 Å². The first-order valence-corrected chi connectivity index (χ1v) is 5.61. The van der Waals surface area contributed by atoms with E-state index in [1.54, 1.807) is 24.3 Å². The van der Waals surface area contributed by atoms with Crippen molar-refractivity contribution in [3.05, 3.63) is 51.0 Å². The average molecular weight is 297 g/mol. The van der Waals surface area contributed by atoms with E-state index in [9.17, 15) is 4.79 Å². The van der Waals surface area contributed by atoms with Gasteiger partial charge in [0.05, 0.1) is 12.9 Å². The standard InChI is InChI=1S/C11H9BrN2O3/c12-9-10(16)13-6-14-11(9)17-8-3-1-7(5-15)2-4-8/h1-4,6,15H,5H2,(H,13,14,16). The average Bonchev–Trinajstić information content (AvgIpc) is 2.36. The molecule has 1 aromatic heterocycles. The summed E-state index contributed by atoms with van der Waals surface area (Å²) in [5, 5.41) is 8.89. The van der Waals surface area contributed by atoms with Crippen LogP contribution in [0.3, 0.4) is 0 Å². The van der Waals surface area contributed by atoms with Gasteiger partial charge in [-0.15, -0.1) is 0 Å². The highest BCUT2D eigenvalue weighted by atomic mass is 79.9. The van der Waals surface area contributed by atoms with Crippen molar-refractivity contribution >= 4 is 15.9 Å². The van der Waals surface area contributed by atoms with Crippen LogP contribution in [0, 0.1) is 0 Å². The highest BCUT2D eigenvalue weighted by Gasteiger charge is 2.07. The fourth-order valence-electron chi connectivity index (χ4n) is 1.21. The summed E-state index contributed by atoms with van der Waals surface area (Å²) in [5.41, 5.74) is 0.484. The molecule has 88 valence electrons. The van der Waals surface area contributed by atoms with Crippen LogP contribution in [0.25, 0.3) is 0 Å². The number of aromatic amines is 1. The number of nitrogens with one attached hydrogen (secondary N) is 1. The Balaban J connectivity index is 2.25. The van der Waals surface area contributed by atoms with Crippen LogP contribution in [-0.4, -0.2) is 15.1 Å². The number of halogens is 1. The second-order valence-corrected chi connectivity index (χ2v) is 4.05. The lowest BCUT2D eigenvalue weighted by Crippen LogP contribution is -2.08. The SMILES string of the molecule is O=c1[nH]cnc(Oc2ccc(CO)cc2)c1Br. The van der Waals surface area contributed by atoms with Gasteiger partial charge >= 0.3 is 0 Å². The van der Waals surface area contributed by atoms with E-state index in [4.69, 9.17) is 9.84 Å². The van der Waals surface area contributed by atoms with Gasteiger partial charge in [0.1, 0.15) is 10.2 Å². The summed E-state index contributed by atoms with van der Waals surface area (Å²) in [6.45, 7) is -0.0206. The quantitative estimate of drug-likeness (QED) is 0.906. The molecule has 2 N–H and O–H groups in total. The molecule has 0 radical (unpaired) electrons. The van der Waals surface area contributed by atoms with Crippen LogP contribution in [0.2, 0.25) is 0 Å². The van der Waals surface area contributed by atoms with Crippen molar-refractivity contribution in [2.75, 3.05) is 0 Å². The molecule has 0 unspecified atom stereocenters. The Bertz CT molecular complexity index is 566. The van der Waals surface area contributed by atoms with Crippen LogP contribution in [0.1, 0.15) is 5.56 Å². The predicted octanol–water partition coefficient (Wildman–Crippen LogP) is 1.82. The van der Waals surface area contributed by atoms with Gasteiger partial charge in [-0.2, -0.15) is 0 Å². The van der Waals surface area contributed by atoms with E-state index in [0.717, 1.165) is 5.56 Å². The lowest BCUT2D eigenvalue weighted by atomic mass is 10.2. The maximum absolute atomic E-state index is 11.3. The first-order valence-electron chi connectivity index (χ1n) is 4.81. The number of aromatic nitrogens is 2. The number of ether oxygens (including phenoxy) is 1. The van der Waals surface area contributed by atoms with E-state index in [1.807, 2.05) is 0 Å². The maximum Gasteiger partial charge on any atom is 0.268 e. The molecule has 0 bridgehead atoms. The third-order valence-electron chi connectivity index (χ3n) is 2.09. The minimum atomic E-state index is -0.304. The summed E-state index contributed by atoms with van der Waals surface area (Å²) >= 11 is 3.09. The predicted molar refractivity (Wildman–Crippen MR) is 65.0 cm³/mol. The minimum absolute atomic E-state index is 0.0206. The molecule has 1 aromatic carbocycles. The van der Waals surface area contributed by atoms with Gasteiger partial charge < -0.3 is 14.8 Å². The summed E-state index contributed by atoms with van der Waals surface area (Å²) in [5.74, 6) is 0.742. The molecule has 6 heteroatoms. The largest absolute Gasteiger partial charge is 0.438 e. The Hall–Kier alpha value is -1.66. The van der Waals surface area contributed by atoms with Gasteiger partial charge in [0.2, 0.25) is 5.88 Å². The summed E-state index contributed by atoms with van der Waals surface area (Å²) in [6.07, 6.45) is 1.27. The van der Waals surface area contributed by atoms with Gasteiger partial charge in [0.15, 0.2) is 0 Å². The molecule has 0 saturated heterocycles. The van der Waals surface area contributed by atoms with E-state index in [-0.39, 0.29) is 22.5 Å². The van der Waals surface area contributed by atoms with Crippen LogP contribution in [0.5, 0.6) is 11.6 Å². The van der Waals surface area contributed by atoms with Crippen LogP contribution in [0.4, 0.5) is 0 Å². The van der Waals surface area contributed by atoms with Crippen molar-refractivity contribution in [2.24, 2.45) is 0 Å². The molecule has 5 nitrogen and oxygen atoms in total. The van der Waals surface area contributed by atoms with Crippen LogP contribution < -0.4 is 10.3 Å². The molecule has 0 fully saturated rings. The number of aliphatic hydroxyl groups is 1. The normalized spacial score (nSPS) is 10.2. The van der Waals surface area contributed by atoms with Crippen LogP contribution in [-0.2, 0) is 6.61 Å². The number of benzene rings is 1. The van der Waals surface area contributed by atoms with E-state index in [0.29, 0.717) is 5.75 Å². The molecular weight excluding hydrogens is 288 g/mol. The van der Waals surface area contributed by atoms with Crippen molar-refractivity contribution in [1.29, 1.82) is 0 Å². The zero-order chi connectivity index (χ0) is 12.3. The zero-order valence-corrected chi connectivity index (χ0v) is 10.3. The first-order chi connectivity index (χ1) is 8.20. The van der Waals surface area contributed by atoms with Crippen molar-refractivity contribution in [1.82, 2.24) is 9.97 Å². The van der Waals surface area contributed by atoms with Gasteiger partial charge in [0, 0.05) is 0 Å². The molecule has 17 heavy (non-hydrogen) atoms. The molecule has 1 heterocycles. The van der Waals surface area contributed by atoms with Crippen molar-refractivity contribution in [3.63, 3.8) is 0 Å². The van der Waals surface area contributed by atoms with Crippen molar-refractivity contribution in [3.8, 4) is 11.6 Å². The number of rotatable bonds is 3. The number of nitrogens with zero attached hydrogens (tertiary/aromatic N) is 1. The molecule has 0 aliphatic rings. The Labute approximate surface area is 105 Å². The maximum atomic E-state index is 11.3. The topological polar surface area (TPSA) is 75.2 Å². The summed E-state index contributed by atoms with van der Waals surface area (Å²) in [7, 11) is 0. The fourth-order valence-corrected chi connectivity index (χ4v) is 1.51. The molecule has 0 aliphatic heterocycles. The second-order valence-electron chi connectivity index (χ2n) is 3.25. The number of H-pyrrole nitrogens is 1. The van der Waals surface area contributed by atoms with Gasteiger partial charge in [-0.05, 0) is 33.6 Å². The summed E-state index contributed by atoms with van der Waals surface area (Å²) < 4.78 is 5.67. The molecule has 0 amide bonds. The monoisotopic (exact) mass is 296 g/mol. The molecule has 2 rings (SSSR count). The van der Waals surface area contributed by atoms with Crippen molar-refractivity contribution in [2.45, 2.75) is 6.61 Å². The molecule has 0 aliphatic carbocycles. The van der Waals surface area contributed by atoms with Crippen LogP contribution in [0.15, 0.2) is 39.9 Å². The number of hydrogen-bond acceptors (Lipinski definition) is 4. The summed E-state index contributed by atoms with van der Waals surface area (Å²) in [6, 6.07) is 6.86. The Kier molecular flexibility index (Phi) is 3.55. The van der Waals surface area contributed by atoms with Gasteiger partial charge in [-0.25, -0.2) is 4.98 Å². The fraction of sp³-hybridized carbons (Fsp3) is 0.0909. The molecular formula is C11H9BrN2O3. The first kappa shape index (κ1) is 11.8. The zero-order valence-electron chi connectivity index (χ0n) is 8.68. The van der Waals surface area contributed by atoms with E-state index >= 15 is 0 Å². The second kappa shape index (κ2) is 5.11. The summed E-state index contributed by atoms with van der Waals surface area (Å²) in [4.78, 5) is 17.6. The Morgan fingerprint density at radius 2 is 2.06 bits per heavy atom. The highest BCUT2D eigenvalue weighted by Crippen LogP contribution is 2.24. The smallest absolute Gasteiger partial charge is 0.268 e. The Morgan fingerprint density at radius 3 is 2.71 bits per heavy atom. The lowest BCUT2D eigenvalue weighted by Gasteiger charge is -2.05. The van der Waals surface area contributed by atoms with Gasteiger partial charge in [0.25, 0.3) is 5.56 Å². The number of hydrogen-bond donors (Lipinski definition) is 2. The molecule has 0 atom stereocenters. The lowest BCUT2D eigenvalue weighted by molar-refractivity contribution is 0.281. The molecule has 0 spiro atoms. The van der Waals surface area contributed by atoms with Crippen molar-refractivity contribution < 1.29 is 9.84 Å². The van der Waals surface area contributed by atoms with Gasteiger partial charge in [-0.1, -0.05) is 12.1 Å². The van der Waals surface area contributed by atoms with Crippen LogP contribution >= 0.6 is 15.9 Å². The molecule has 0 saturated carbocycles. The van der Waals surface area contributed by atoms with E-state index in [2.05, 4.69) is 25.9 Å². The number of aliphatic hydroxyl groups excluding tert-OH is 1. The van der Waals surface area contributed by atoms with E-state index in [1.165, 1.54) is 6.33 Å². The minimum Gasteiger partial charge on any atom is -0.438 e. The Morgan fingerprint density at radius 1 is 1.35 bits per heavy atom. The molecule has 2 aromatic rings. The van der Waals surface area contributed by atoms with E-state index < -0.39 is 0 Å². The highest BCUT2D eigenvalue weighted by molar-refractivity contribution is 9.10. The third kappa shape index (κ3) is 2.72.